The van der Waals surface area contributed by atoms with Gasteiger partial charge in [-0.2, -0.15) is 0 Å². The first-order chi connectivity index (χ1) is 7.15. The van der Waals surface area contributed by atoms with Crippen LogP contribution in [0.4, 0.5) is 0 Å². The fourth-order valence-corrected chi connectivity index (χ4v) is 1.20. The molecule has 0 saturated carbocycles. The van der Waals surface area contributed by atoms with Gasteiger partial charge in [-0.25, -0.2) is 0 Å². The number of aliphatic hydroxyl groups excluding tert-OH is 1. The van der Waals surface area contributed by atoms with E-state index in [1.54, 1.807) is 18.4 Å². The molecule has 2 N–H and O–H groups in total. The third-order valence-corrected chi connectivity index (χ3v) is 2.01. The Bertz CT molecular complexity index is 294. The minimum absolute atomic E-state index is 0.373. The first kappa shape index (κ1) is 11.7. The molecule has 0 aromatic carbocycles. The average Bonchev–Trinajstić information content (AvgIpc) is 2.70. The minimum atomic E-state index is -0.813. The standard InChI is InChI=1S/C10H15NO4/c1-7(12)9(10(13)14-2)11-6-8-4-3-5-15-8/h3-5,7,9,11-12H,6H2,1-2H3/t7-,9+/m0/s1. The number of carbonyl (C=O) groups excluding carboxylic acids is 1. The van der Waals surface area contributed by atoms with E-state index in [9.17, 15) is 9.90 Å². The second-order valence-electron chi connectivity index (χ2n) is 3.20. The molecule has 1 heterocycles. The van der Waals surface area contributed by atoms with Gasteiger partial charge in [-0.15, -0.1) is 0 Å². The first-order valence-electron chi connectivity index (χ1n) is 4.67. The lowest BCUT2D eigenvalue weighted by atomic mass is 10.2. The highest BCUT2D eigenvalue weighted by atomic mass is 16.5. The molecule has 15 heavy (non-hydrogen) atoms. The Balaban J connectivity index is 2.49. The van der Waals surface area contributed by atoms with Crippen molar-refractivity contribution in [3.63, 3.8) is 0 Å². The van der Waals surface area contributed by atoms with Crippen LogP contribution in [0.15, 0.2) is 22.8 Å². The van der Waals surface area contributed by atoms with Crippen LogP contribution in [0.1, 0.15) is 12.7 Å². The van der Waals surface area contributed by atoms with Gasteiger partial charge in [-0.1, -0.05) is 0 Å². The van der Waals surface area contributed by atoms with E-state index >= 15 is 0 Å². The Morgan fingerprint density at radius 2 is 2.47 bits per heavy atom. The molecule has 0 radical (unpaired) electrons. The van der Waals surface area contributed by atoms with Gasteiger partial charge in [-0.05, 0) is 19.1 Å². The van der Waals surface area contributed by atoms with E-state index in [0.29, 0.717) is 12.3 Å². The van der Waals surface area contributed by atoms with Crippen LogP contribution in [0, 0.1) is 0 Å². The molecule has 1 aromatic rings. The molecule has 0 bridgehead atoms. The average molecular weight is 213 g/mol. The molecular weight excluding hydrogens is 198 g/mol. The number of ether oxygens (including phenoxy) is 1. The molecule has 0 aliphatic heterocycles. The summed E-state index contributed by atoms with van der Waals surface area (Å²) in [6.07, 6.45) is 0.736. The van der Waals surface area contributed by atoms with Crippen LogP contribution in [0.3, 0.4) is 0 Å². The van der Waals surface area contributed by atoms with Crippen molar-refractivity contribution in [2.75, 3.05) is 7.11 Å². The Kier molecular flexibility index (Phi) is 4.33. The number of rotatable bonds is 5. The molecule has 0 aliphatic carbocycles. The number of furan rings is 1. The van der Waals surface area contributed by atoms with Crippen molar-refractivity contribution in [1.82, 2.24) is 5.32 Å². The highest BCUT2D eigenvalue weighted by molar-refractivity contribution is 5.76. The Hall–Kier alpha value is -1.33. The van der Waals surface area contributed by atoms with Crippen molar-refractivity contribution in [2.24, 2.45) is 0 Å². The number of carbonyl (C=O) groups is 1. The zero-order valence-corrected chi connectivity index (χ0v) is 8.77. The fourth-order valence-electron chi connectivity index (χ4n) is 1.20. The number of hydrogen-bond acceptors (Lipinski definition) is 5. The normalized spacial score (nSPS) is 14.6. The number of hydrogen-bond donors (Lipinski definition) is 2. The van der Waals surface area contributed by atoms with Crippen LogP contribution in [0.2, 0.25) is 0 Å². The molecule has 0 spiro atoms. The Labute approximate surface area is 88.0 Å². The smallest absolute Gasteiger partial charge is 0.325 e. The zero-order chi connectivity index (χ0) is 11.3. The Morgan fingerprint density at radius 1 is 1.73 bits per heavy atom. The van der Waals surface area contributed by atoms with Crippen molar-refractivity contribution >= 4 is 5.97 Å². The van der Waals surface area contributed by atoms with Gasteiger partial charge in [0.05, 0.1) is 26.0 Å². The molecule has 5 nitrogen and oxygen atoms in total. The van der Waals surface area contributed by atoms with Gasteiger partial charge in [0.25, 0.3) is 0 Å². The predicted octanol–water partition coefficient (Wildman–Crippen LogP) is 0.292. The second kappa shape index (κ2) is 5.53. The monoisotopic (exact) mass is 213 g/mol. The maximum Gasteiger partial charge on any atom is 0.325 e. The van der Waals surface area contributed by atoms with Crippen molar-refractivity contribution in [1.29, 1.82) is 0 Å². The van der Waals surface area contributed by atoms with Gasteiger partial charge in [0.15, 0.2) is 0 Å². The highest BCUT2D eigenvalue weighted by Crippen LogP contribution is 2.02. The van der Waals surface area contributed by atoms with E-state index in [1.807, 2.05) is 0 Å². The molecule has 1 aromatic heterocycles. The zero-order valence-electron chi connectivity index (χ0n) is 8.77. The summed E-state index contributed by atoms with van der Waals surface area (Å²) in [4.78, 5) is 11.2. The van der Waals surface area contributed by atoms with Crippen molar-refractivity contribution in [2.45, 2.75) is 25.6 Å². The summed E-state index contributed by atoms with van der Waals surface area (Å²) in [6.45, 7) is 1.90. The second-order valence-corrected chi connectivity index (χ2v) is 3.20. The molecule has 0 fully saturated rings. The summed E-state index contributed by atoms with van der Waals surface area (Å²) < 4.78 is 9.63. The topological polar surface area (TPSA) is 71.7 Å². The molecule has 0 unspecified atom stereocenters. The summed E-state index contributed by atoms with van der Waals surface area (Å²) in [7, 11) is 1.28. The summed E-state index contributed by atoms with van der Waals surface area (Å²) in [6, 6.07) is 2.80. The molecular formula is C10H15NO4. The van der Waals surface area contributed by atoms with Crippen LogP contribution in [-0.4, -0.2) is 30.3 Å². The van der Waals surface area contributed by atoms with Crippen LogP contribution in [0.25, 0.3) is 0 Å². The fraction of sp³-hybridized carbons (Fsp3) is 0.500. The minimum Gasteiger partial charge on any atom is -0.468 e. The quantitative estimate of drug-likeness (QED) is 0.688. The third kappa shape index (κ3) is 3.38. The SMILES string of the molecule is COC(=O)[C@H](NCc1ccco1)[C@H](C)O. The van der Waals surface area contributed by atoms with Crippen molar-refractivity contribution < 1.29 is 19.1 Å². The molecule has 2 atom stereocenters. The molecule has 0 amide bonds. The lowest BCUT2D eigenvalue weighted by molar-refractivity contribution is -0.145. The number of aliphatic hydroxyl groups is 1. The summed E-state index contributed by atoms with van der Waals surface area (Å²) in [5, 5.41) is 12.2. The van der Waals surface area contributed by atoms with Gasteiger partial charge in [0.1, 0.15) is 11.8 Å². The number of esters is 1. The van der Waals surface area contributed by atoms with Gasteiger partial charge in [0.2, 0.25) is 0 Å². The summed E-state index contributed by atoms with van der Waals surface area (Å²) >= 11 is 0. The highest BCUT2D eigenvalue weighted by Gasteiger charge is 2.23. The van der Waals surface area contributed by atoms with E-state index in [-0.39, 0.29) is 0 Å². The van der Waals surface area contributed by atoms with Crippen LogP contribution in [0.5, 0.6) is 0 Å². The largest absolute Gasteiger partial charge is 0.468 e. The van der Waals surface area contributed by atoms with Crippen LogP contribution >= 0.6 is 0 Å². The van der Waals surface area contributed by atoms with Crippen LogP contribution < -0.4 is 5.32 Å². The predicted molar refractivity (Wildman–Crippen MR) is 53.0 cm³/mol. The number of nitrogens with one attached hydrogen (secondary N) is 1. The Morgan fingerprint density at radius 3 is 2.93 bits per heavy atom. The van der Waals surface area contributed by atoms with Gasteiger partial charge >= 0.3 is 5.97 Å². The molecule has 5 heteroatoms. The van der Waals surface area contributed by atoms with Gasteiger partial charge in [0, 0.05) is 0 Å². The third-order valence-electron chi connectivity index (χ3n) is 2.01. The van der Waals surface area contributed by atoms with Gasteiger partial charge < -0.3 is 14.3 Å². The maximum absolute atomic E-state index is 11.2. The van der Waals surface area contributed by atoms with E-state index < -0.39 is 18.1 Å². The van der Waals surface area contributed by atoms with Crippen LogP contribution in [-0.2, 0) is 16.1 Å². The first-order valence-corrected chi connectivity index (χ1v) is 4.67. The van der Waals surface area contributed by atoms with E-state index in [1.165, 1.54) is 14.0 Å². The van der Waals surface area contributed by atoms with Crippen molar-refractivity contribution in [3.05, 3.63) is 24.2 Å². The lowest BCUT2D eigenvalue weighted by Gasteiger charge is -2.18. The van der Waals surface area contributed by atoms with E-state index in [2.05, 4.69) is 10.1 Å². The van der Waals surface area contributed by atoms with Gasteiger partial charge in [-0.3, -0.25) is 10.1 Å². The summed E-state index contributed by atoms with van der Waals surface area (Å²) in [5.74, 6) is 0.209. The number of methoxy groups -OCH3 is 1. The molecule has 1 rings (SSSR count). The van der Waals surface area contributed by atoms with E-state index in [4.69, 9.17) is 4.42 Å². The lowest BCUT2D eigenvalue weighted by Crippen LogP contribution is -2.45. The maximum atomic E-state index is 11.2. The summed E-state index contributed by atoms with van der Waals surface area (Å²) in [5.41, 5.74) is 0. The molecule has 0 aliphatic rings. The molecule has 84 valence electrons. The molecule has 0 saturated heterocycles. The van der Waals surface area contributed by atoms with Crippen molar-refractivity contribution in [3.8, 4) is 0 Å². The van der Waals surface area contributed by atoms with E-state index in [0.717, 1.165) is 0 Å².